The molecule has 2 aromatic heterocycles. The van der Waals surface area contributed by atoms with Crippen molar-refractivity contribution in [2.75, 3.05) is 46.1 Å². The Labute approximate surface area is 259 Å². The van der Waals surface area contributed by atoms with Crippen LogP contribution in [0.15, 0.2) is 30.5 Å². The number of alkyl halides is 2. The maximum Gasteiger partial charge on any atom is 0.142 e. The van der Waals surface area contributed by atoms with Crippen LogP contribution >= 0.6 is 0 Å². The van der Waals surface area contributed by atoms with Crippen molar-refractivity contribution in [3.8, 4) is 5.75 Å². The van der Waals surface area contributed by atoms with Gasteiger partial charge in [0, 0.05) is 87.8 Å². The molecule has 11 heteroatoms. The number of rotatable bonds is 13. The molecule has 6 nitrogen and oxygen atoms in total. The number of pyridine rings is 1. The quantitative estimate of drug-likeness (QED) is 0.115. The Balaban J connectivity index is 1.52. The molecule has 1 fully saturated rings. The maximum atomic E-state index is 16.2. The van der Waals surface area contributed by atoms with Crippen molar-refractivity contribution in [1.29, 1.82) is 0 Å². The second-order valence-corrected chi connectivity index (χ2v) is 19.9. The Morgan fingerprint density at radius 2 is 1.80 bits per heavy atom. The fraction of sp³-hybridized carbons (Fsp3) is 0.606. The van der Waals surface area contributed by atoms with E-state index in [4.69, 9.17) is 9.47 Å². The molecule has 242 valence electrons. The molecule has 4 heterocycles. The van der Waals surface area contributed by atoms with Crippen LogP contribution in [0.3, 0.4) is 0 Å². The molecule has 0 spiro atoms. The predicted molar refractivity (Wildman–Crippen MR) is 168 cm³/mol. The molecule has 0 saturated carbocycles. The lowest BCUT2D eigenvalue weighted by Crippen LogP contribution is -2.49. The van der Waals surface area contributed by atoms with Gasteiger partial charge in [-0.3, -0.25) is 14.2 Å². The van der Waals surface area contributed by atoms with Crippen LogP contribution in [0.4, 0.5) is 17.6 Å². The number of hydrogen-bond acceptors (Lipinski definition) is 5. The number of benzene rings is 1. The van der Waals surface area contributed by atoms with Gasteiger partial charge in [0.25, 0.3) is 0 Å². The van der Waals surface area contributed by atoms with E-state index in [1.54, 1.807) is 6.20 Å². The van der Waals surface area contributed by atoms with Crippen molar-refractivity contribution >= 4 is 19.1 Å². The first kappa shape index (κ1) is 32.9. The first-order valence-corrected chi connectivity index (χ1v) is 19.3. The summed E-state index contributed by atoms with van der Waals surface area (Å²) >= 11 is 0. The molecule has 1 saturated heterocycles. The normalized spacial score (nSPS) is 20.2. The van der Waals surface area contributed by atoms with Gasteiger partial charge < -0.3 is 14.0 Å². The van der Waals surface area contributed by atoms with Crippen LogP contribution in [0.5, 0.6) is 5.75 Å². The van der Waals surface area contributed by atoms with Gasteiger partial charge in [-0.25, -0.2) is 18.2 Å². The molecule has 44 heavy (non-hydrogen) atoms. The molecule has 3 aromatic rings. The van der Waals surface area contributed by atoms with Crippen LogP contribution in [-0.2, 0) is 17.9 Å². The van der Waals surface area contributed by atoms with Gasteiger partial charge in [-0.05, 0) is 50.9 Å². The van der Waals surface area contributed by atoms with Crippen molar-refractivity contribution < 1.29 is 27.0 Å². The lowest BCUT2D eigenvalue weighted by molar-refractivity contribution is 0.0523. The standard InChI is InChI=1S/C33H46F4N4O2Si/c1-22-14-26-25-8-7-9-38-32(25)41(21-42-12-13-44(4,5)6)30(26)31(40(22)20-33(2,3)37)29-27(35)15-24(16-28(29)36)43-11-10-39-18-23(17-34)19-39/h7-9,15-16,22-23,31H,10-14,17-21H2,1-6H3. The second kappa shape index (κ2) is 13.1. The minimum Gasteiger partial charge on any atom is -0.492 e. The predicted octanol–water partition coefficient (Wildman–Crippen LogP) is 6.99. The molecule has 0 bridgehead atoms. The maximum absolute atomic E-state index is 16.2. The van der Waals surface area contributed by atoms with Gasteiger partial charge in [0.2, 0.25) is 0 Å². The molecule has 2 unspecified atom stereocenters. The van der Waals surface area contributed by atoms with Crippen LogP contribution in [0.25, 0.3) is 11.0 Å². The molecular weight excluding hydrogens is 588 g/mol. The summed E-state index contributed by atoms with van der Waals surface area (Å²) < 4.78 is 74.2. The Morgan fingerprint density at radius 1 is 1.09 bits per heavy atom. The number of likely N-dealkylation sites (tertiary alicyclic amines) is 1. The highest BCUT2D eigenvalue weighted by Crippen LogP contribution is 2.45. The fourth-order valence-electron chi connectivity index (χ4n) is 6.42. The van der Waals surface area contributed by atoms with E-state index in [1.807, 2.05) is 33.4 Å². The van der Waals surface area contributed by atoms with Gasteiger partial charge in [-0.1, -0.05) is 19.6 Å². The number of halogens is 4. The zero-order valence-electron chi connectivity index (χ0n) is 26.8. The van der Waals surface area contributed by atoms with E-state index in [-0.39, 0.29) is 49.8 Å². The second-order valence-electron chi connectivity index (χ2n) is 14.3. The summed E-state index contributed by atoms with van der Waals surface area (Å²) in [5, 5.41) is 0.911. The van der Waals surface area contributed by atoms with Gasteiger partial charge in [0.05, 0.1) is 12.7 Å². The molecule has 0 amide bonds. The smallest absolute Gasteiger partial charge is 0.142 e. The van der Waals surface area contributed by atoms with E-state index in [2.05, 4.69) is 24.6 Å². The zero-order valence-corrected chi connectivity index (χ0v) is 27.8. The summed E-state index contributed by atoms with van der Waals surface area (Å²) in [6.45, 7) is 14.3. The summed E-state index contributed by atoms with van der Waals surface area (Å²) in [7, 11) is -1.34. The van der Waals surface area contributed by atoms with E-state index in [0.29, 0.717) is 44.0 Å². The highest BCUT2D eigenvalue weighted by atomic mass is 28.3. The SMILES string of the molecule is CC1Cc2c(n(COCC[Si](C)(C)C)c3ncccc23)C(c2c(F)cc(OCCN3CC(CF)C3)cc2F)N1CC(C)(C)F. The van der Waals surface area contributed by atoms with Crippen molar-refractivity contribution in [1.82, 2.24) is 19.4 Å². The van der Waals surface area contributed by atoms with E-state index in [0.717, 1.165) is 17.0 Å². The van der Waals surface area contributed by atoms with E-state index >= 15 is 13.2 Å². The van der Waals surface area contributed by atoms with Gasteiger partial charge in [-0.2, -0.15) is 0 Å². The minimum atomic E-state index is -1.61. The third-order valence-electron chi connectivity index (χ3n) is 8.65. The highest BCUT2D eigenvalue weighted by molar-refractivity contribution is 6.76. The van der Waals surface area contributed by atoms with E-state index in [9.17, 15) is 4.39 Å². The molecule has 0 N–H and O–H groups in total. The van der Waals surface area contributed by atoms with Gasteiger partial charge in [0.15, 0.2) is 0 Å². The summed E-state index contributed by atoms with van der Waals surface area (Å²) in [6.07, 6.45) is 2.29. The third-order valence-corrected chi connectivity index (χ3v) is 10.4. The molecule has 2 aliphatic rings. The highest BCUT2D eigenvalue weighted by Gasteiger charge is 2.42. The number of nitrogens with zero attached hydrogens (tertiary/aromatic N) is 4. The molecule has 0 radical (unpaired) electrons. The van der Waals surface area contributed by atoms with Gasteiger partial charge in [0.1, 0.15) is 42.0 Å². The number of ether oxygens (including phenoxy) is 2. The van der Waals surface area contributed by atoms with Gasteiger partial charge in [-0.15, -0.1) is 0 Å². The van der Waals surface area contributed by atoms with Crippen molar-refractivity contribution in [3.05, 3.63) is 58.9 Å². The third kappa shape index (κ3) is 7.32. The Kier molecular flexibility index (Phi) is 9.80. The van der Waals surface area contributed by atoms with E-state index < -0.39 is 31.4 Å². The van der Waals surface area contributed by atoms with Crippen molar-refractivity contribution in [2.45, 2.75) is 77.4 Å². The fourth-order valence-corrected chi connectivity index (χ4v) is 7.17. The topological polar surface area (TPSA) is 42.8 Å². The van der Waals surface area contributed by atoms with Gasteiger partial charge >= 0.3 is 0 Å². The molecule has 5 rings (SSSR count). The Morgan fingerprint density at radius 3 is 2.43 bits per heavy atom. The molecule has 0 aliphatic carbocycles. The largest absolute Gasteiger partial charge is 0.492 e. The minimum absolute atomic E-state index is 0.0173. The monoisotopic (exact) mass is 634 g/mol. The van der Waals surface area contributed by atoms with Crippen LogP contribution in [0.1, 0.15) is 43.6 Å². The first-order valence-electron chi connectivity index (χ1n) is 15.6. The van der Waals surface area contributed by atoms with Crippen LogP contribution in [0.2, 0.25) is 25.7 Å². The molecule has 2 atom stereocenters. The average Bonchev–Trinajstić information content (AvgIpc) is 3.20. The summed E-state index contributed by atoms with van der Waals surface area (Å²) in [6, 6.07) is 6.14. The summed E-state index contributed by atoms with van der Waals surface area (Å²) in [5.41, 5.74) is 0.564. The van der Waals surface area contributed by atoms with Crippen LogP contribution < -0.4 is 4.74 Å². The van der Waals surface area contributed by atoms with Crippen molar-refractivity contribution in [2.24, 2.45) is 5.92 Å². The van der Waals surface area contributed by atoms with Crippen LogP contribution in [-0.4, -0.2) is 85.2 Å². The average molecular weight is 635 g/mol. The summed E-state index contributed by atoms with van der Waals surface area (Å²) in [4.78, 5) is 8.58. The lowest BCUT2D eigenvalue weighted by atomic mass is 9.87. The first-order chi connectivity index (χ1) is 20.8. The number of aromatic nitrogens is 2. The Bertz CT molecular complexity index is 1430. The Hall–Kier alpha value is -2.47. The molecule has 1 aromatic carbocycles. The number of fused-ring (bicyclic) bond motifs is 3. The van der Waals surface area contributed by atoms with Crippen LogP contribution in [0, 0.1) is 17.6 Å². The molecular formula is C33H46F4N4O2Si. The zero-order chi connectivity index (χ0) is 31.8. The number of hydrogen-bond donors (Lipinski definition) is 0. The lowest BCUT2D eigenvalue weighted by Gasteiger charge is -2.43. The van der Waals surface area contributed by atoms with Crippen molar-refractivity contribution in [3.63, 3.8) is 0 Å². The molecule has 2 aliphatic heterocycles. The van der Waals surface area contributed by atoms with E-state index in [1.165, 1.54) is 26.0 Å². The summed E-state index contributed by atoms with van der Waals surface area (Å²) in [5.74, 6) is -1.36.